The van der Waals surface area contributed by atoms with E-state index in [9.17, 15) is 13.2 Å². The largest absolute Gasteiger partial charge is 0.497 e. The second-order valence-electron chi connectivity index (χ2n) is 6.47. The zero-order valence-corrected chi connectivity index (χ0v) is 16.5. The minimum absolute atomic E-state index is 0.134. The van der Waals surface area contributed by atoms with Gasteiger partial charge in [0.05, 0.1) is 25.2 Å². The Morgan fingerprint density at radius 1 is 1.11 bits per heavy atom. The second-order valence-corrected chi connectivity index (χ2v) is 8.36. The van der Waals surface area contributed by atoms with Crippen LogP contribution in [0.2, 0.25) is 0 Å². The Morgan fingerprint density at radius 3 is 2.56 bits per heavy atom. The fourth-order valence-electron chi connectivity index (χ4n) is 3.44. The Hall–Kier alpha value is -2.38. The maximum atomic E-state index is 13.3. The first kappa shape index (κ1) is 19.4. The molecule has 1 atom stereocenters. The molecule has 0 spiro atoms. The van der Waals surface area contributed by atoms with Crippen molar-refractivity contribution in [2.45, 2.75) is 30.7 Å². The molecule has 2 aromatic rings. The van der Waals surface area contributed by atoms with Crippen LogP contribution in [0.15, 0.2) is 47.4 Å². The van der Waals surface area contributed by atoms with Crippen LogP contribution in [0.4, 0.5) is 0 Å². The van der Waals surface area contributed by atoms with Crippen molar-refractivity contribution in [1.29, 1.82) is 0 Å². The number of hydrogen-bond donors (Lipinski definition) is 0. The predicted molar refractivity (Wildman–Crippen MR) is 102 cm³/mol. The summed E-state index contributed by atoms with van der Waals surface area (Å²) in [5.74, 6) is 1.08. The second kappa shape index (κ2) is 7.70. The molecule has 0 radical (unpaired) electrons. The van der Waals surface area contributed by atoms with E-state index in [-0.39, 0.29) is 16.7 Å². The van der Waals surface area contributed by atoms with E-state index in [4.69, 9.17) is 9.47 Å². The topological polar surface area (TPSA) is 72.9 Å². The molecule has 27 heavy (non-hydrogen) atoms. The van der Waals surface area contributed by atoms with E-state index in [2.05, 4.69) is 0 Å². The third-order valence-electron chi connectivity index (χ3n) is 4.85. The Bertz CT molecular complexity index is 955. The third-order valence-corrected chi connectivity index (χ3v) is 6.75. The summed E-state index contributed by atoms with van der Waals surface area (Å²) in [5, 5.41) is 0. The number of sulfonamides is 1. The zero-order chi connectivity index (χ0) is 19.6. The van der Waals surface area contributed by atoms with Crippen molar-refractivity contribution in [1.82, 2.24) is 4.31 Å². The first-order valence-electron chi connectivity index (χ1n) is 8.73. The monoisotopic (exact) mass is 389 g/mol. The molecule has 1 fully saturated rings. The standard InChI is InChI=1S/C20H23NO5S/c1-14(22)15-6-4-7-17(12-15)27(23,24)21-11-5-8-19(21)18-10-9-16(25-2)13-20(18)26-3/h4,6-7,9-10,12-13,19H,5,8,11H2,1-3H3/t19-/m0/s1. The summed E-state index contributed by atoms with van der Waals surface area (Å²) in [5.41, 5.74) is 1.19. The maximum Gasteiger partial charge on any atom is 0.243 e. The molecule has 1 aliphatic heterocycles. The predicted octanol–water partition coefficient (Wildman–Crippen LogP) is 3.43. The molecule has 2 aromatic carbocycles. The first-order chi connectivity index (χ1) is 12.9. The average Bonchev–Trinajstić information content (AvgIpc) is 3.18. The highest BCUT2D eigenvalue weighted by molar-refractivity contribution is 7.89. The van der Waals surface area contributed by atoms with Gasteiger partial charge in [-0.3, -0.25) is 4.79 Å². The van der Waals surface area contributed by atoms with Crippen molar-refractivity contribution in [3.8, 4) is 11.5 Å². The lowest BCUT2D eigenvalue weighted by Gasteiger charge is -2.26. The van der Waals surface area contributed by atoms with Crippen LogP contribution in [-0.4, -0.2) is 39.3 Å². The third kappa shape index (κ3) is 3.70. The number of rotatable bonds is 6. The number of ether oxygens (including phenoxy) is 2. The van der Waals surface area contributed by atoms with Crippen LogP contribution in [0, 0.1) is 0 Å². The quantitative estimate of drug-likeness (QED) is 0.708. The number of benzene rings is 2. The van der Waals surface area contributed by atoms with Gasteiger partial charge in [-0.15, -0.1) is 0 Å². The number of ketones is 1. The molecule has 6 nitrogen and oxygen atoms in total. The van der Waals surface area contributed by atoms with Crippen LogP contribution in [0.1, 0.15) is 41.7 Å². The molecule has 7 heteroatoms. The number of hydrogen-bond acceptors (Lipinski definition) is 5. The highest BCUT2D eigenvalue weighted by Gasteiger charge is 2.37. The lowest BCUT2D eigenvalue weighted by molar-refractivity contribution is 0.101. The molecule has 144 valence electrons. The number of nitrogens with zero attached hydrogens (tertiary/aromatic N) is 1. The van der Waals surface area contributed by atoms with Crippen LogP contribution >= 0.6 is 0 Å². The van der Waals surface area contributed by atoms with E-state index in [1.165, 1.54) is 23.4 Å². The van der Waals surface area contributed by atoms with Gasteiger partial charge in [-0.25, -0.2) is 8.42 Å². The van der Waals surface area contributed by atoms with E-state index in [0.717, 1.165) is 12.0 Å². The van der Waals surface area contributed by atoms with Gasteiger partial charge in [0.15, 0.2) is 5.78 Å². The molecule has 0 aromatic heterocycles. The van der Waals surface area contributed by atoms with Gasteiger partial charge in [-0.1, -0.05) is 18.2 Å². The summed E-state index contributed by atoms with van der Waals surface area (Å²) in [4.78, 5) is 11.8. The Kier molecular flexibility index (Phi) is 5.53. The SMILES string of the molecule is COc1ccc([C@@H]2CCCN2S(=O)(=O)c2cccc(C(C)=O)c2)c(OC)c1. The molecule has 1 heterocycles. The van der Waals surface area contributed by atoms with Gasteiger partial charge in [0, 0.05) is 23.7 Å². The van der Waals surface area contributed by atoms with Crippen molar-refractivity contribution in [3.63, 3.8) is 0 Å². The van der Waals surface area contributed by atoms with Crippen LogP contribution in [0.3, 0.4) is 0 Å². The van der Waals surface area contributed by atoms with Crippen LogP contribution in [-0.2, 0) is 10.0 Å². The summed E-state index contributed by atoms with van der Waals surface area (Å²) in [7, 11) is -0.608. The zero-order valence-electron chi connectivity index (χ0n) is 15.6. The molecule has 0 bridgehead atoms. The van der Waals surface area contributed by atoms with Crippen LogP contribution in [0.5, 0.6) is 11.5 Å². The molecule has 0 amide bonds. The molecule has 1 aliphatic rings. The molecular formula is C20H23NO5S. The fraction of sp³-hybridized carbons (Fsp3) is 0.350. The number of Topliss-reactive ketones (excluding diaryl/α,β-unsaturated/α-hetero) is 1. The van der Waals surface area contributed by atoms with E-state index in [0.29, 0.717) is 30.0 Å². The Labute approximate surface area is 159 Å². The van der Waals surface area contributed by atoms with Crippen LogP contribution < -0.4 is 9.47 Å². The minimum atomic E-state index is -3.74. The summed E-state index contributed by atoms with van der Waals surface area (Å²) in [6, 6.07) is 11.3. The number of carbonyl (C=O) groups excluding carboxylic acids is 1. The van der Waals surface area contributed by atoms with E-state index in [1.807, 2.05) is 6.07 Å². The summed E-state index contributed by atoms with van der Waals surface area (Å²) < 4.78 is 38.7. The van der Waals surface area contributed by atoms with Crippen molar-refractivity contribution in [2.24, 2.45) is 0 Å². The van der Waals surface area contributed by atoms with Gasteiger partial charge in [-0.05, 0) is 38.0 Å². The fourth-order valence-corrected chi connectivity index (χ4v) is 5.16. The van der Waals surface area contributed by atoms with Crippen molar-refractivity contribution in [3.05, 3.63) is 53.6 Å². The molecule has 0 unspecified atom stereocenters. The normalized spacial score (nSPS) is 17.7. The lowest BCUT2D eigenvalue weighted by atomic mass is 10.0. The molecule has 1 saturated heterocycles. The van der Waals surface area contributed by atoms with E-state index in [1.54, 1.807) is 38.5 Å². The number of carbonyl (C=O) groups is 1. The molecule has 0 N–H and O–H groups in total. The lowest BCUT2D eigenvalue weighted by Crippen LogP contribution is -2.31. The van der Waals surface area contributed by atoms with E-state index >= 15 is 0 Å². The van der Waals surface area contributed by atoms with Gasteiger partial charge >= 0.3 is 0 Å². The van der Waals surface area contributed by atoms with Gasteiger partial charge < -0.3 is 9.47 Å². The molecular weight excluding hydrogens is 366 g/mol. The molecule has 0 saturated carbocycles. The first-order valence-corrected chi connectivity index (χ1v) is 10.2. The summed E-state index contributed by atoms with van der Waals surface area (Å²) >= 11 is 0. The summed E-state index contributed by atoms with van der Waals surface area (Å²) in [6.07, 6.45) is 1.46. The van der Waals surface area contributed by atoms with Crippen LogP contribution in [0.25, 0.3) is 0 Å². The Balaban J connectivity index is 2.01. The number of methoxy groups -OCH3 is 2. The van der Waals surface area contributed by atoms with Crippen molar-refractivity contribution in [2.75, 3.05) is 20.8 Å². The smallest absolute Gasteiger partial charge is 0.243 e. The van der Waals surface area contributed by atoms with Gasteiger partial charge in [0.1, 0.15) is 11.5 Å². The highest BCUT2D eigenvalue weighted by atomic mass is 32.2. The minimum Gasteiger partial charge on any atom is -0.497 e. The molecule has 3 rings (SSSR count). The highest BCUT2D eigenvalue weighted by Crippen LogP contribution is 2.41. The Morgan fingerprint density at radius 2 is 1.89 bits per heavy atom. The van der Waals surface area contributed by atoms with Crippen molar-refractivity contribution >= 4 is 15.8 Å². The van der Waals surface area contributed by atoms with E-state index < -0.39 is 10.0 Å². The molecule has 0 aliphatic carbocycles. The van der Waals surface area contributed by atoms with Gasteiger partial charge in [0.25, 0.3) is 0 Å². The van der Waals surface area contributed by atoms with Gasteiger partial charge in [0.2, 0.25) is 10.0 Å². The maximum absolute atomic E-state index is 13.3. The summed E-state index contributed by atoms with van der Waals surface area (Å²) in [6.45, 7) is 1.85. The van der Waals surface area contributed by atoms with Crippen molar-refractivity contribution < 1.29 is 22.7 Å². The average molecular weight is 389 g/mol. The van der Waals surface area contributed by atoms with Gasteiger partial charge in [-0.2, -0.15) is 4.31 Å².